The molecule has 6 unspecified atom stereocenters. The Morgan fingerprint density at radius 3 is 2.30 bits per heavy atom. The van der Waals surface area contributed by atoms with Gasteiger partial charge in [-0.05, 0) is 120 Å². The third-order valence-corrected chi connectivity index (χ3v) is 16.0. The molecule has 0 radical (unpaired) electrons. The number of nitrogens with zero attached hydrogens (tertiary/aromatic N) is 1. The van der Waals surface area contributed by atoms with Gasteiger partial charge in [-0.3, -0.25) is 19.2 Å². The highest BCUT2D eigenvalue weighted by Gasteiger charge is 2.53. The zero-order chi connectivity index (χ0) is 52.0. The first-order valence-corrected chi connectivity index (χ1v) is 26.5. The Bertz CT molecular complexity index is 1910. The van der Waals surface area contributed by atoms with Gasteiger partial charge in [-0.1, -0.05) is 71.1 Å². The number of aliphatic hydroxyl groups is 2. The highest BCUT2D eigenvalue weighted by molar-refractivity contribution is 6.39. The summed E-state index contributed by atoms with van der Waals surface area (Å²) < 4.78 is 42.2. The largest absolute Gasteiger partial charge is 0.460 e. The lowest BCUT2D eigenvalue weighted by Crippen LogP contribution is -2.61. The first-order valence-electron chi connectivity index (χ1n) is 26.5. The topological polar surface area (TPSA) is 194 Å². The molecule has 5 aliphatic rings. The molecular weight excluding hydrogens is 911 g/mol. The van der Waals surface area contributed by atoms with E-state index >= 15 is 0 Å². The molecule has 15 heteroatoms. The number of Topliss-reactive ketones (excluding diaryl/α,β-unsaturated/α-hetero) is 3. The average Bonchev–Trinajstić information content (AvgIpc) is 3.36. The van der Waals surface area contributed by atoms with Crippen LogP contribution >= 0.6 is 0 Å². The summed E-state index contributed by atoms with van der Waals surface area (Å²) in [4.78, 5) is 72.5. The number of methoxy groups -OCH3 is 3. The summed E-state index contributed by atoms with van der Waals surface area (Å²) in [6.07, 6.45) is 14.5. The molecule has 16 atom stereocenters. The minimum absolute atomic E-state index is 0.0230. The smallest absolute Gasteiger partial charge is 0.329 e. The fourth-order valence-corrected chi connectivity index (χ4v) is 11.3. The van der Waals surface area contributed by atoms with Crippen LogP contribution in [-0.4, -0.2) is 146 Å². The number of carbonyl (C=O) groups is 5. The second-order valence-corrected chi connectivity index (χ2v) is 21.5. The van der Waals surface area contributed by atoms with Gasteiger partial charge in [0.05, 0.1) is 43.2 Å². The van der Waals surface area contributed by atoms with Crippen molar-refractivity contribution in [3.05, 3.63) is 47.6 Å². The monoisotopic (exact) mass is 998 g/mol. The fourth-order valence-electron chi connectivity index (χ4n) is 11.3. The Balaban J connectivity index is 1.44. The molecule has 4 aliphatic heterocycles. The van der Waals surface area contributed by atoms with Crippen molar-refractivity contribution in [2.75, 3.05) is 41.1 Å². The minimum atomic E-state index is -2.43. The number of carbonyl (C=O) groups excluding carboxylic acids is 5. The molecule has 5 rings (SSSR count). The maximum atomic E-state index is 14.6. The fraction of sp³-hybridized carbons (Fsp3) is 0.768. The van der Waals surface area contributed by atoms with Gasteiger partial charge in [0.15, 0.2) is 11.6 Å². The summed E-state index contributed by atoms with van der Waals surface area (Å²) in [6.45, 7) is 14.2. The highest BCUT2D eigenvalue weighted by atomic mass is 16.6. The van der Waals surface area contributed by atoms with Crippen LogP contribution in [0.5, 0.6) is 0 Å². The van der Waals surface area contributed by atoms with Crippen LogP contribution in [0, 0.1) is 35.5 Å². The van der Waals surface area contributed by atoms with E-state index < -0.39 is 77.8 Å². The highest BCUT2D eigenvalue weighted by Crippen LogP contribution is 2.38. The standard InChI is InChI=1S/C56H87NO14/c1-34-17-12-11-13-18-35(2)47(65-8)31-42-23-21-40(7)56(64,71-42)53(61)54(62)57-25-15-14-20-44(57)55(63)70-48(32-45(58)36(3)28-39(6)51(60)52(67-10)50(59)38(5)27-34)37(4)29-41-22-24-46(49(30-41)66-9)69-43-19-16-26-68-33-43/h11-13,17-18,28,34,37-44,46-49,51-52,60,64H,14-16,19-27,29-33H2,1-10H3/b13-11?,17-12?,35-18?,36-28+/t34-,37+,38-,39?,40-,41?,42+,43?,44+,46?,47+,48+,49?,51?,52+,56-/m1/s1. The molecule has 2 bridgehead atoms. The number of ether oxygens (including phenoxy) is 7. The Morgan fingerprint density at radius 2 is 1.61 bits per heavy atom. The van der Waals surface area contributed by atoms with Gasteiger partial charge in [-0.15, -0.1) is 0 Å². The Labute approximate surface area is 423 Å². The van der Waals surface area contributed by atoms with Gasteiger partial charge in [0.2, 0.25) is 5.79 Å². The normalized spacial score (nSPS) is 38.7. The maximum absolute atomic E-state index is 14.6. The lowest BCUT2D eigenvalue weighted by atomic mass is 9.78. The Kier molecular flexibility index (Phi) is 22.9. The number of fused-ring (bicyclic) bond motifs is 3. The summed E-state index contributed by atoms with van der Waals surface area (Å²) in [7, 11) is 4.68. The molecule has 4 heterocycles. The molecule has 0 spiro atoms. The maximum Gasteiger partial charge on any atom is 0.329 e. The van der Waals surface area contributed by atoms with Crippen molar-refractivity contribution in [3.63, 3.8) is 0 Å². The summed E-state index contributed by atoms with van der Waals surface area (Å²) >= 11 is 0. The molecule has 0 aromatic heterocycles. The SMILES string of the molecule is COC1CC(C[C@H](C)[C@@H]2CC(=O)/C(C)=C/C(C)C(O)[C@@H](OC)C(=O)[C@H](C)C[C@H](C)C=CC=CC=C(C)[C@@H](OC)C[C@@H]3CC[C@@H](C)[C@@](O)(O3)C(=O)C(=O)N3CCCC[C@H]3C(=O)O2)CCC1OC1CCCOC1. The van der Waals surface area contributed by atoms with Gasteiger partial charge in [0.1, 0.15) is 18.2 Å². The molecule has 0 aromatic rings. The third-order valence-electron chi connectivity index (χ3n) is 16.0. The van der Waals surface area contributed by atoms with Crippen molar-refractivity contribution in [2.24, 2.45) is 35.5 Å². The predicted octanol–water partition coefficient (Wildman–Crippen LogP) is 7.38. The molecule has 400 valence electrons. The van der Waals surface area contributed by atoms with Crippen LogP contribution < -0.4 is 0 Å². The number of amides is 1. The van der Waals surface area contributed by atoms with Crippen LogP contribution in [0.2, 0.25) is 0 Å². The lowest BCUT2D eigenvalue weighted by molar-refractivity contribution is -0.265. The van der Waals surface area contributed by atoms with Crippen molar-refractivity contribution < 1.29 is 67.3 Å². The minimum Gasteiger partial charge on any atom is -0.460 e. The van der Waals surface area contributed by atoms with Gasteiger partial charge < -0.3 is 48.3 Å². The average molecular weight is 998 g/mol. The van der Waals surface area contributed by atoms with Gasteiger partial charge in [0, 0.05) is 65.1 Å². The van der Waals surface area contributed by atoms with Gasteiger partial charge in [-0.25, -0.2) is 4.79 Å². The third kappa shape index (κ3) is 15.8. The van der Waals surface area contributed by atoms with E-state index in [-0.39, 0.29) is 67.0 Å². The van der Waals surface area contributed by atoms with Gasteiger partial charge in [0.25, 0.3) is 11.7 Å². The first kappa shape index (κ1) is 58.5. The number of aliphatic hydroxyl groups excluding tert-OH is 1. The Hall–Kier alpha value is -3.41. The molecule has 1 amide bonds. The summed E-state index contributed by atoms with van der Waals surface area (Å²) in [5.74, 6) is -7.78. The molecule has 1 aliphatic carbocycles. The van der Waals surface area contributed by atoms with Crippen molar-refractivity contribution >= 4 is 29.2 Å². The van der Waals surface area contributed by atoms with Crippen LogP contribution in [0.1, 0.15) is 138 Å². The molecule has 71 heavy (non-hydrogen) atoms. The summed E-state index contributed by atoms with van der Waals surface area (Å²) in [5, 5.41) is 23.6. The van der Waals surface area contributed by atoms with Crippen LogP contribution in [0.25, 0.3) is 0 Å². The second-order valence-electron chi connectivity index (χ2n) is 21.5. The van der Waals surface area contributed by atoms with Gasteiger partial charge in [-0.2, -0.15) is 0 Å². The number of cyclic esters (lactones) is 1. The number of piperidine rings is 1. The quantitative estimate of drug-likeness (QED) is 0.181. The van der Waals surface area contributed by atoms with Crippen molar-refractivity contribution in [2.45, 2.75) is 199 Å². The molecule has 4 fully saturated rings. The van der Waals surface area contributed by atoms with E-state index in [2.05, 4.69) is 0 Å². The zero-order valence-corrected chi connectivity index (χ0v) is 44.4. The van der Waals surface area contributed by atoms with Gasteiger partial charge >= 0.3 is 5.97 Å². The van der Waals surface area contributed by atoms with E-state index in [1.807, 2.05) is 58.1 Å². The molecule has 2 N–H and O–H groups in total. The van der Waals surface area contributed by atoms with Crippen molar-refractivity contribution in [1.29, 1.82) is 0 Å². The Morgan fingerprint density at radius 1 is 0.845 bits per heavy atom. The van der Waals surface area contributed by atoms with E-state index in [1.165, 1.54) is 12.0 Å². The van der Waals surface area contributed by atoms with E-state index in [0.29, 0.717) is 63.5 Å². The molecule has 0 aromatic carbocycles. The number of esters is 1. The van der Waals surface area contributed by atoms with E-state index in [1.54, 1.807) is 41.1 Å². The predicted molar refractivity (Wildman–Crippen MR) is 268 cm³/mol. The molecule has 3 saturated heterocycles. The number of rotatable bonds is 8. The molecule has 1 saturated carbocycles. The second kappa shape index (κ2) is 27.8. The lowest BCUT2D eigenvalue weighted by Gasteiger charge is -2.42. The van der Waals surface area contributed by atoms with Crippen LogP contribution in [-0.2, 0) is 57.1 Å². The molecule has 15 nitrogen and oxygen atoms in total. The number of ketones is 3. The van der Waals surface area contributed by atoms with Crippen LogP contribution in [0.4, 0.5) is 0 Å². The number of hydrogen-bond donors (Lipinski definition) is 2. The van der Waals surface area contributed by atoms with E-state index in [4.69, 9.17) is 33.2 Å². The first-order chi connectivity index (χ1) is 33.8. The summed E-state index contributed by atoms with van der Waals surface area (Å²) in [5.41, 5.74) is 1.21. The van der Waals surface area contributed by atoms with Crippen molar-refractivity contribution in [1.82, 2.24) is 4.90 Å². The number of hydrogen-bond acceptors (Lipinski definition) is 14. The van der Waals surface area contributed by atoms with E-state index in [9.17, 15) is 34.2 Å². The molecular formula is C56H87NO14. The van der Waals surface area contributed by atoms with Crippen molar-refractivity contribution in [3.8, 4) is 0 Å². The van der Waals surface area contributed by atoms with Crippen LogP contribution in [0.15, 0.2) is 47.6 Å². The number of allylic oxidation sites excluding steroid dienone is 6. The summed E-state index contributed by atoms with van der Waals surface area (Å²) in [6, 6.07) is -1.14. The van der Waals surface area contributed by atoms with E-state index in [0.717, 1.165) is 37.9 Å². The zero-order valence-electron chi connectivity index (χ0n) is 44.4. The van der Waals surface area contributed by atoms with Crippen LogP contribution in [0.3, 0.4) is 0 Å².